The SMILES string of the molecule is CNC(=O)CCc1cnc(N)c2c(-c3ccc4cc[nH]c4c3)csc12. The average Bonchev–Trinajstić information content (AvgIpc) is 3.27. The lowest BCUT2D eigenvalue weighted by Crippen LogP contribution is -2.18. The molecule has 0 aliphatic rings. The molecule has 4 aromatic rings. The first-order valence-electron chi connectivity index (χ1n) is 8.10. The smallest absolute Gasteiger partial charge is 0.220 e. The van der Waals surface area contributed by atoms with Gasteiger partial charge in [0.15, 0.2) is 0 Å². The van der Waals surface area contributed by atoms with Gasteiger partial charge >= 0.3 is 0 Å². The van der Waals surface area contributed by atoms with Gasteiger partial charge in [0, 0.05) is 47.0 Å². The largest absolute Gasteiger partial charge is 0.383 e. The molecule has 126 valence electrons. The van der Waals surface area contributed by atoms with Crippen LogP contribution in [0.3, 0.4) is 0 Å². The summed E-state index contributed by atoms with van der Waals surface area (Å²) in [5.74, 6) is 0.556. The van der Waals surface area contributed by atoms with Crippen LogP contribution in [-0.2, 0) is 11.2 Å². The molecule has 0 atom stereocenters. The number of aromatic amines is 1. The first-order valence-corrected chi connectivity index (χ1v) is 8.98. The highest BCUT2D eigenvalue weighted by Gasteiger charge is 2.15. The molecule has 0 aliphatic carbocycles. The van der Waals surface area contributed by atoms with Crippen LogP contribution in [0.2, 0.25) is 0 Å². The molecule has 0 unspecified atom stereocenters. The molecule has 0 spiro atoms. The standard InChI is InChI=1S/C19H18N4OS/c1-21-16(24)5-4-13-9-23-19(20)17-14(10-25-18(13)17)12-3-2-11-6-7-22-15(11)8-12/h2-3,6-10,22H,4-5H2,1H3,(H2,20,23)(H,21,24). The minimum Gasteiger partial charge on any atom is -0.383 e. The number of hydrogen-bond donors (Lipinski definition) is 3. The fraction of sp³-hybridized carbons (Fsp3) is 0.158. The van der Waals surface area contributed by atoms with Gasteiger partial charge in [-0.25, -0.2) is 4.98 Å². The molecule has 3 heterocycles. The highest BCUT2D eigenvalue weighted by atomic mass is 32.1. The number of pyridine rings is 1. The van der Waals surface area contributed by atoms with Crippen molar-refractivity contribution in [3.8, 4) is 11.1 Å². The Labute approximate surface area is 148 Å². The molecule has 3 aromatic heterocycles. The van der Waals surface area contributed by atoms with Crippen LogP contribution >= 0.6 is 11.3 Å². The van der Waals surface area contributed by atoms with Crippen molar-refractivity contribution in [1.82, 2.24) is 15.3 Å². The molecular weight excluding hydrogens is 332 g/mol. The highest BCUT2D eigenvalue weighted by molar-refractivity contribution is 7.18. The Morgan fingerprint density at radius 1 is 1.36 bits per heavy atom. The molecule has 1 amide bonds. The van der Waals surface area contributed by atoms with Gasteiger partial charge in [-0.05, 0) is 40.4 Å². The van der Waals surface area contributed by atoms with Crippen LogP contribution in [-0.4, -0.2) is 22.9 Å². The van der Waals surface area contributed by atoms with Crippen LogP contribution < -0.4 is 11.1 Å². The number of carbonyl (C=O) groups excluding carboxylic acids is 1. The summed E-state index contributed by atoms with van der Waals surface area (Å²) < 4.78 is 1.11. The van der Waals surface area contributed by atoms with Gasteiger partial charge in [-0.3, -0.25) is 4.79 Å². The van der Waals surface area contributed by atoms with Crippen molar-refractivity contribution >= 4 is 44.1 Å². The zero-order valence-corrected chi connectivity index (χ0v) is 14.6. The van der Waals surface area contributed by atoms with Crippen LogP contribution in [0.25, 0.3) is 32.1 Å². The van der Waals surface area contributed by atoms with Gasteiger partial charge in [0.05, 0.1) is 0 Å². The number of aryl methyl sites for hydroxylation is 1. The second-order valence-electron chi connectivity index (χ2n) is 5.98. The number of fused-ring (bicyclic) bond motifs is 2. The monoisotopic (exact) mass is 350 g/mol. The van der Waals surface area contributed by atoms with Crippen molar-refractivity contribution in [3.63, 3.8) is 0 Å². The summed E-state index contributed by atoms with van der Waals surface area (Å²) in [5, 5.41) is 6.94. The van der Waals surface area contributed by atoms with E-state index in [4.69, 9.17) is 5.73 Å². The number of hydrogen-bond acceptors (Lipinski definition) is 4. The summed E-state index contributed by atoms with van der Waals surface area (Å²) in [7, 11) is 1.65. The number of thiophene rings is 1. The minimum absolute atomic E-state index is 0.0268. The van der Waals surface area contributed by atoms with Crippen LogP contribution in [0.5, 0.6) is 0 Å². The maximum atomic E-state index is 11.6. The van der Waals surface area contributed by atoms with Crippen molar-refractivity contribution in [2.75, 3.05) is 12.8 Å². The summed E-state index contributed by atoms with van der Waals surface area (Å²) in [6.07, 6.45) is 4.82. The third-order valence-electron chi connectivity index (χ3n) is 4.46. The van der Waals surface area contributed by atoms with Crippen LogP contribution in [0.4, 0.5) is 5.82 Å². The number of nitrogen functional groups attached to an aromatic ring is 1. The second kappa shape index (κ2) is 6.22. The van der Waals surface area contributed by atoms with E-state index in [-0.39, 0.29) is 5.91 Å². The Hall–Kier alpha value is -2.86. The molecule has 0 bridgehead atoms. The van der Waals surface area contributed by atoms with Crippen molar-refractivity contribution in [2.45, 2.75) is 12.8 Å². The fourth-order valence-corrected chi connectivity index (χ4v) is 4.23. The van der Waals surface area contributed by atoms with E-state index in [0.717, 1.165) is 32.3 Å². The van der Waals surface area contributed by atoms with Crippen LogP contribution in [0.1, 0.15) is 12.0 Å². The lowest BCUT2D eigenvalue weighted by atomic mass is 10.0. The lowest BCUT2D eigenvalue weighted by Gasteiger charge is -2.06. The van der Waals surface area contributed by atoms with Gasteiger partial charge in [0.2, 0.25) is 5.91 Å². The van der Waals surface area contributed by atoms with Gasteiger partial charge in [0.1, 0.15) is 5.82 Å². The third kappa shape index (κ3) is 2.74. The topological polar surface area (TPSA) is 83.8 Å². The maximum absolute atomic E-state index is 11.6. The van der Waals surface area contributed by atoms with E-state index >= 15 is 0 Å². The van der Waals surface area contributed by atoms with Gasteiger partial charge in [-0.1, -0.05) is 12.1 Å². The van der Waals surface area contributed by atoms with E-state index in [1.807, 2.05) is 6.20 Å². The number of nitrogens with zero attached hydrogens (tertiary/aromatic N) is 1. The Morgan fingerprint density at radius 3 is 3.08 bits per heavy atom. The number of benzene rings is 1. The molecule has 0 fully saturated rings. The quantitative estimate of drug-likeness (QED) is 0.525. The molecular formula is C19H18N4OS. The number of rotatable bonds is 4. The Balaban J connectivity index is 1.81. The molecule has 25 heavy (non-hydrogen) atoms. The molecule has 0 aliphatic heterocycles. The minimum atomic E-state index is 0.0268. The number of amides is 1. The summed E-state index contributed by atoms with van der Waals surface area (Å²) in [6, 6.07) is 8.39. The van der Waals surface area contributed by atoms with E-state index in [9.17, 15) is 4.79 Å². The zero-order chi connectivity index (χ0) is 17.4. The van der Waals surface area contributed by atoms with Crippen molar-refractivity contribution in [1.29, 1.82) is 0 Å². The molecule has 0 radical (unpaired) electrons. The van der Waals surface area contributed by atoms with Gasteiger partial charge in [-0.15, -0.1) is 11.3 Å². The van der Waals surface area contributed by atoms with Crippen molar-refractivity contribution in [3.05, 3.63) is 47.6 Å². The second-order valence-corrected chi connectivity index (χ2v) is 6.85. The van der Waals surface area contributed by atoms with E-state index < -0.39 is 0 Å². The van der Waals surface area contributed by atoms with E-state index in [1.165, 1.54) is 5.39 Å². The number of H-pyrrole nitrogens is 1. The normalized spacial score (nSPS) is 11.2. The summed E-state index contributed by atoms with van der Waals surface area (Å²) in [4.78, 5) is 19.2. The number of aromatic nitrogens is 2. The Morgan fingerprint density at radius 2 is 2.24 bits per heavy atom. The molecule has 4 rings (SSSR count). The average molecular weight is 350 g/mol. The predicted octanol–water partition coefficient (Wildman–Crippen LogP) is 3.71. The summed E-state index contributed by atoms with van der Waals surface area (Å²) >= 11 is 1.65. The fourth-order valence-electron chi connectivity index (χ4n) is 3.10. The molecule has 5 nitrogen and oxygen atoms in total. The van der Waals surface area contributed by atoms with Gasteiger partial charge in [-0.2, -0.15) is 0 Å². The number of carbonyl (C=O) groups is 1. The predicted molar refractivity (Wildman–Crippen MR) is 104 cm³/mol. The van der Waals surface area contributed by atoms with Gasteiger partial charge < -0.3 is 16.0 Å². The third-order valence-corrected chi connectivity index (χ3v) is 5.52. The Bertz CT molecular complexity index is 1080. The maximum Gasteiger partial charge on any atom is 0.220 e. The van der Waals surface area contributed by atoms with Crippen molar-refractivity contribution < 1.29 is 4.79 Å². The summed E-state index contributed by atoms with van der Waals surface area (Å²) in [5.41, 5.74) is 10.5. The number of nitrogens with two attached hydrogens (primary N) is 1. The number of anilines is 1. The summed E-state index contributed by atoms with van der Waals surface area (Å²) in [6.45, 7) is 0. The van der Waals surface area contributed by atoms with E-state index in [2.05, 4.69) is 44.9 Å². The van der Waals surface area contributed by atoms with E-state index in [0.29, 0.717) is 18.7 Å². The van der Waals surface area contributed by atoms with Crippen LogP contribution in [0, 0.1) is 0 Å². The molecule has 0 saturated heterocycles. The van der Waals surface area contributed by atoms with Gasteiger partial charge in [0.25, 0.3) is 0 Å². The Kier molecular flexibility index (Phi) is 3.89. The van der Waals surface area contributed by atoms with Crippen LogP contribution in [0.15, 0.2) is 42.0 Å². The molecule has 1 aromatic carbocycles. The number of nitrogens with one attached hydrogen (secondary N) is 2. The first kappa shape index (κ1) is 15.7. The molecule has 4 N–H and O–H groups in total. The first-order chi connectivity index (χ1) is 12.2. The lowest BCUT2D eigenvalue weighted by molar-refractivity contribution is -0.120. The highest BCUT2D eigenvalue weighted by Crippen LogP contribution is 2.39. The van der Waals surface area contributed by atoms with Crippen molar-refractivity contribution in [2.24, 2.45) is 0 Å². The zero-order valence-electron chi connectivity index (χ0n) is 13.8. The molecule has 0 saturated carbocycles. The molecule has 6 heteroatoms. The van der Waals surface area contributed by atoms with E-state index in [1.54, 1.807) is 24.6 Å².